The van der Waals surface area contributed by atoms with Gasteiger partial charge in [0, 0.05) is 12.7 Å². The molecule has 0 aromatic carbocycles. The summed E-state index contributed by atoms with van der Waals surface area (Å²) in [7, 11) is 0. The summed E-state index contributed by atoms with van der Waals surface area (Å²) in [5, 5.41) is 0. The molecule has 0 unspecified atom stereocenters. The largest absolute Gasteiger partial charge is 0.368 e. The second kappa shape index (κ2) is 6.20. The zero-order valence-electron chi connectivity index (χ0n) is 11.6. The highest BCUT2D eigenvalue weighted by Gasteiger charge is 2.27. The summed E-state index contributed by atoms with van der Waals surface area (Å²) >= 11 is 1.32. The van der Waals surface area contributed by atoms with Gasteiger partial charge < -0.3 is 15.4 Å². The number of carbonyl (C=O) groups excluding carboxylic acids is 2. The van der Waals surface area contributed by atoms with Gasteiger partial charge in [-0.05, 0) is 12.1 Å². The predicted molar refractivity (Wildman–Crippen MR) is 79.5 cm³/mol. The van der Waals surface area contributed by atoms with Crippen molar-refractivity contribution in [3.8, 4) is 0 Å². The van der Waals surface area contributed by atoms with E-state index in [0.29, 0.717) is 35.8 Å². The van der Waals surface area contributed by atoms with Crippen LogP contribution in [0.2, 0.25) is 0 Å². The van der Waals surface area contributed by atoms with Crippen molar-refractivity contribution in [1.82, 2.24) is 14.9 Å². The number of nitrogens with zero attached hydrogens (tertiary/aromatic N) is 3. The van der Waals surface area contributed by atoms with E-state index in [2.05, 4.69) is 9.97 Å². The van der Waals surface area contributed by atoms with E-state index in [-0.39, 0.29) is 12.0 Å². The van der Waals surface area contributed by atoms with Crippen LogP contribution in [-0.4, -0.2) is 46.4 Å². The van der Waals surface area contributed by atoms with Gasteiger partial charge in [0.1, 0.15) is 11.0 Å². The average Bonchev–Trinajstić information content (AvgIpc) is 3.09. The second-order valence-electron chi connectivity index (χ2n) is 4.81. The summed E-state index contributed by atoms with van der Waals surface area (Å²) in [6.45, 7) is 1.39. The van der Waals surface area contributed by atoms with Crippen molar-refractivity contribution < 1.29 is 14.3 Å². The van der Waals surface area contributed by atoms with Crippen LogP contribution in [0.4, 0.5) is 0 Å². The standard InChI is InChI=1S/C14H14N4O3S/c15-13(19)9-1-2-10(17-5-9)11-7-18(3-4-21-11)14(20)12-6-16-8-22-12/h1-2,5-6,8,11H,3-4,7H2,(H2,15,19)/t11-/m1/s1. The molecule has 2 N–H and O–H groups in total. The Morgan fingerprint density at radius 1 is 1.36 bits per heavy atom. The zero-order chi connectivity index (χ0) is 15.5. The van der Waals surface area contributed by atoms with Crippen LogP contribution in [0.3, 0.4) is 0 Å². The van der Waals surface area contributed by atoms with Crippen LogP contribution in [0.5, 0.6) is 0 Å². The average molecular weight is 318 g/mol. The number of ether oxygens (including phenoxy) is 1. The first-order valence-corrected chi connectivity index (χ1v) is 7.58. The van der Waals surface area contributed by atoms with E-state index in [9.17, 15) is 9.59 Å². The molecule has 8 heteroatoms. The van der Waals surface area contributed by atoms with Crippen molar-refractivity contribution >= 4 is 23.2 Å². The van der Waals surface area contributed by atoms with Gasteiger partial charge in [-0.3, -0.25) is 19.6 Å². The van der Waals surface area contributed by atoms with Crippen molar-refractivity contribution in [3.05, 3.63) is 46.2 Å². The lowest BCUT2D eigenvalue weighted by Gasteiger charge is -2.32. The highest BCUT2D eigenvalue weighted by Crippen LogP contribution is 2.22. The maximum Gasteiger partial charge on any atom is 0.265 e. The molecule has 0 spiro atoms. The molecule has 1 fully saturated rings. The molecule has 1 aliphatic rings. The van der Waals surface area contributed by atoms with Crippen LogP contribution >= 0.6 is 11.3 Å². The highest BCUT2D eigenvalue weighted by molar-refractivity contribution is 7.11. The Kier molecular flexibility index (Phi) is 4.12. The normalized spacial score (nSPS) is 18.2. The number of thiazole rings is 1. The molecule has 0 aliphatic carbocycles. The molecule has 3 rings (SSSR count). The molecule has 2 aromatic rings. The first kappa shape index (κ1) is 14.6. The number of rotatable bonds is 3. The number of amides is 2. The van der Waals surface area contributed by atoms with Gasteiger partial charge in [0.25, 0.3) is 5.91 Å². The lowest BCUT2D eigenvalue weighted by Crippen LogP contribution is -2.42. The first-order chi connectivity index (χ1) is 10.6. The van der Waals surface area contributed by atoms with Crippen molar-refractivity contribution in [2.75, 3.05) is 19.7 Å². The molecule has 114 valence electrons. The van der Waals surface area contributed by atoms with E-state index in [4.69, 9.17) is 10.5 Å². The predicted octanol–water partition coefficient (Wildman–Crippen LogP) is 0.851. The van der Waals surface area contributed by atoms with Crippen molar-refractivity contribution in [2.24, 2.45) is 5.73 Å². The number of nitrogens with two attached hydrogens (primary N) is 1. The molecule has 2 amide bonds. The Bertz CT molecular complexity index is 672. The Morgan fingerprint density at radius 3 is 2.86 bits per heavy atom. The number of primary amides is 1. The summed E-state index contributed by atoms with van der Waals surface area (Å²) in [6, 6.07) is 3.31. The van der Waals surface area contributed by atoms with E-state index < -0.39 is 5.91 Å². The van der Waals surface area contributed by atoms with Crippen LogP contribution in [0.25, 0.3) is 0 Å². The minimum atomic E-state index is -0.523. The Morgan fingerprint density at radius 2 is 2.23 bits per heavy atom. The molecule has 1 atom stereocenters. The molecular weight excluding hydrogens is 304 g/mol. The Balaban J connectivity index is 1.72. The Hall–Kier alpha value is -2.32. The molecule has 7 nitrogen and oxygen atoms in total. The van der Waals surface area contributed by atoms with E-state index in [1.54, 1.807) is 28.7 Å². The fourth-order valence-electron chi connectivity index (χ4n) is 2.23. The lowest BCUT2D eigenvalue weighted by molar-refractivity contribution is -0.0245. The van der Waals surface area contributed by atoms with Crippen molar-refractivity contribution in [3.63, 3.8) is 0 Å². The number of carbonyl (C=O) groups is 2. The molecular formula is C14H14N4O3S. The van der Waals surface area contributed by atoms with E-state index in [0.717, 1.165) is 0 Å². The quantitative estimate of drug-likeness (QED) is 0.904. The Labute approximate surface area is 130 Å². The lowest BCUT2D eigenvalue weighted by atomic mass is 10.1. The summed E-state index contributed by atoms with van der Waals surface area (Å²) < 4.78 is 5.68. The molecule has 0 bridgehead atoms. The number of pyridine rings is 1. The number of hydrogen-bond donors (Lipinski definition) is 1. The number of aromatic nitrogens is 2. The van der Waals surface area contributed by atoms with Crippen LogP contribution in [0.1, 0.15) is 31.8 Å². The maximum absolute atomic E-state index is 12.3. The molecule has 22 heavy (non-hydrogen) atoms. The van der Waals surface area contributed by atoms with Gasteiger partial charge in [-0.1, -0.05) is 0 Å². The SMILES string of the molecule is NC(=O)c1ccc([C@H]2CN(C(=O)c3cncs3)CCO2)nc1. The van der Waals surface area contributed by atoms with Gasteiger partial charge in [0.05, 0.1) is 36.1 Å². The third-order valence-corrected chi connectivity index (χ3v) is 4.16. The molecule has 1 aliphatic heterocycles. The van der Waals surface area contributed by atoms with Crippen LogP contribution in [-0.2, 0) is 4.74 Å². The maximum atomic E-state index is 12.3. The topological polar surface area (TPSA) is 98.4 Å². The van der Waals surface area contributed by atoms with Crippen molar-refractivity contribution in [1.29, 1.82) is 0 Å². The number of morpholine rings is 1. The molecule has 0 radical (unpaired) electrons. The molecule has 2 aromatic heterocycles. The smallest absolute Gasteiger partial charge is 0.265 e. The van der Waals surface area contributed by atoms with Crippen LogP contribution < -0.4 is 5.73 Å². The van der Waals surface area contributed by atoms with Gasteiger partial charge in [0.15, 0.2) is 0 Å². The van der Waals surface area contributed by atoms with Gasteiger partial charge >= 0.3 is 0 Å². The van der Waals surface area contributed by atoms with Crippen LogP contribution in [0, 0.1) is 0 Å². The van der Waals surface area contributed by atoms with Crippen LogP contribution in [0.15, 0.2) is 30.0 Å². The monoisotopic (exact) mass is 318 g/mol. The molecule has 0 saturated carbocycles. The zero-order valence-corrected chi connectivity index (χ0v) is 12.5. The minimum Gasteiger partial charge on any atom is -0.368 e. The van der Waals surface area contributed by atoms with Gasteiger partial charge in [-0.2, -0.15) is 0 Å². The van der Waals surface area contributed by atoms with Gasteiger partial charge in [-0.25, -0.2) is 0 Å². The highest BCUT2D eigenvalue weighted by atomic mass is 32.1. The van der Waals surface area contributed by atoms with Gasteiger partial charge in [-0.15, -0.1) is 11.3 Å². The van der Waals surface area contributed by atoms with Gasteiger partial charge in [0.2, 0.25) is 5.91 Å². The summed E-state index contributed by atoms with van der Waals surface area (Å²) in [5.74, 6) is -0.574. The summed E-state index contributed by atoms with van der Waals surface area (Å²) in [6.07, 6.45) is 2.68. The van der Waals surface area contributed by atoms with E-state index >= 15 is 0 Å². The first-order valence-electron chi connectivity index (χ1n) is 6.70. The third-order valence-electron chi connectivity index (χ3n) is 3.40. The van der Waals surface area contributed by atoms with E-state index in [1.807, 2.05) is 0 Å². The molecule has 3 heterocycles. The molecule has 1 saturated heterocycles. The van der Waals surface area contributed by atoms with E-state index in [1.165, 1.54) is 17.5 Å². The number of hydrogen-bond acceptors (Lipinski definition) is 6. The van der Waals surface area contributed by atoms with Crippen molar-refractivity contribution in [2.45, 2.75) is 6.10 Å². The fourth-order valence-corrected chi connectivity index (χ4v) is 2.82. The fraction of sp³-hybridized carbons (Fsp3) is 0.286. The summed E-state index contributed by atoms with van der Waals surface area (Å²) in [4.78, 5) is 33.9. The third kappa shape index (κ3) is 2.97. The summed E-state index contributed by atoms with van der Waals surface area (Å²) in [5.41, 5.74) is 7.84. The second-order valence-corrected chi connectivity index (χ2v) is 5.70. The minimum absolute atomic E-state index is 0.0513.